The van der Waals surface area contributed by atoms with Gasteiger partial charge in [0.15, 0.2) is 11.5 Å². The van der Waals surface area contributed by atoms with Crippen molar-refractivity contribution < 1.29 is 23.7 Å². The maximum absolute atomic E-state index is 12.3. The van der Waals surface area contributed by atoms with Crippen LogP contribution < -0.4 is 24.3 Å². The fourth-order valence-electron chi connectivity index (χ4n) is 2.77. The molecule has 27 heavy (non-hydrogen) atoms. The number of methoxy groups -OCH3 is 2. The molecule has 2 aromatic rings. The first-order chi connectivity index (χ1) is 13.0. The van der Waals surface area contributed by atoms with Gasteiger partial charge in [-0.3, -0.25) is 4.79 Å². The lowest BCUT2D eigenvalue weighted by Crippen LogP contribution is -2.25. The summed E-state index contributed by atoms with van der Waals surface area (Å²) in [5.41, 5.74) is 1.57. The average molecular weight is 390 g/mol. The van der Waals surface area contributed by atoms with Crippen molar-refractivity contribution in [2.75, 3.05) is 21.0 Å². The molecule has 0 saturated carbocycles. The molecule has 6 nitrogen and oxygen atoms in total. The summed E-state index contributed by atoms with van der Waals surface area (Å²) >= 11 is 6.15. The van der Waals surface area contributed by atoms with E-state index in [1.165, 1.54) is 6.08 Å². The summed E-state index contributed by atoms with van der Waals surface area (Å²) in [6, 6.07) is 8.67. The van der Waals surface area contributed by atoms with Gasteiger partial charge in [0.2, 0.25) is 12.7 Å². The molecule has 7 heteroatoms. The predicted octanol–water partition coefficient (Wildman–Crippen LogP) is 3.98. The minimum atomic E-state index is -0.271. The molecule has 2 aromatic carbocycles. The van der Waals surface area contributed by atoms with Gasteiger partial charge < -0.3 is 24.3 Å². The number of carbonyl (C=O) groups excluding carboxylic acids is 1. The number of halogens is 1. The molecule has 1 N–H and O–H groups in total. The summed E-state index contributed by atoms with van der Waals surface area (Å²) in [6.45, 7) is 2.02. The van der Waals surface area contributed by atoms with Crippen LogP contribution in [0.15, 0.2) is 36.4 Å². The molecule has 1 aliphatic rings. The van der Waals surface area contributed by atoms with E-state index in [0.29, 0.717) is 28.0 Å². The third-order valence-electron chi connectivity index (χ3n) is 4.14. The number of carbonyl (C=O) groups is 1. The van der Waals surface area contributed by atoms with Crippen molar-refractivity contribution in [2.24, 2.45) is 0 Å². The molecule has 1 heterocycles. The zero-order chi connectivity index (χ0) is 19.4. The van der Waals surface area contributed by atoms with Gasteiger partial charge in [0, 0.05) is 11.6 Å². The van der Waals surface area contributed by atoms with Gasteiger partial charge in [-0.1, -0.05) is 11.6 Å². The molecular weight excluding hydrogens is 370 g/mol. The molecule has 0 bridgehead atoms. The Hall–Kier alpha value is -2.86. The number of rotatable bonds is 6. The molecule has 0 aliphatic carbocycles. The lowest BCUT2D eigenvalue weighted by molar-refractivity contribution is -0.117. The Bertz CT molecular complexity index is 881. The van der Waals surface area contributed by atoms with Crippen molar-refractivity contribution in [3.05, 3.63) is 52.6 Å². The highest BCUT2D eigenvalue weighted by atomic mass is 35.5. The van der Waals surface area contributed by atoms with E-state index in [-0.39, 0.29) is 18.7 Å². The van der Waals surface area contributed by atoms with Crippen molar-refractivity contribution >= 4 is 23.6 Å². The molecule has 0 unspecified atom stereocenters. The highest BCUT2D eigenvalue weighted by molar-refractivity contribution is 6.32. The van der Waals surface area contributed by atoms with Crippen LogP contribution in [0.25, 0.3) is 6.08 Å². The number of ether oxygens (including phenoxy) is 4. The second-order valence-electron chi connectivity index (χ2n) is 5.91. The Morgan fingerprint density at radius 2 is 2.04 bits per heavy atom. The fraction of sp³-hybridized carbons (Fsp3) is 0.250. The van der Waals surface area contributed by atoms with Crippen LogP contribution in [0.3, 0.4) is 0 Å². The van der Waals surface area contributed by atoms with Crippen LogP contribution >= 0.6 is 11.6 Å². The number of benzene rings is 2. The zero-order valence-corrected chi connectivity index (χ0v) is 16.0. The predicted molar refractivity (Wildman–Crippen MR) is 103 cm³/mol. The molecule has 1 atom stereocenters. The topological polar surface area (TPSA) is 66.0 Å². The van der Waals surface area contributed by atoms with E-state index in [2.05, 4.69) is 5.32 Å². The van der Waals surface area contributed by atoms with Gasteiger partial charge in [0.25, 0.3) is 0 Å². The van der Waals surface area contributed by atoms with Crippen molar-refractivity contribution in [3.63, 3.8) is 0 Å². The van der Waals surface area contributed by atoms with Crippen molar-refractivity contribution in [1.82, 2.24) is 5.32 Å². The van der Waals surface area contributed by atoms with E-state index in [1.54, 1.807) is 44.6 Å². The van der Waals surface area contributed by atoms with Crippen LogP contribution in [0, 0.1) is 0 Å². The number of nitrogens with one attached hydrogen (secondary N) is 1. The molecule has 0 radical (unpaired) electrons. The smallest absolute Gasteiger partial charge is 0.244 e. The third-order valence-corrected chi connectivity index (χ3v) is 4.42. The van der Waals surface area contributed by atoms with Gasteiger partial charge in [-0.2, -0.15) is 0 Å². The molecule has 1 amide bonds. The normalized spacial score (nSPS) is 13.5. The summed E-state index contributed by atoms with van der Waals surface area (Å²) in [4.78, 5) is 12.3. The van der Waals surface area contributed by atoms with Crippen molar-refractivity contribution in [1.29, 1.82) is 0 Å². The van der Waals surface area contributed by atoms with Gasteiger partial charge in [-0.25, -0.2) is 0 Å². The molecule has 3 rings (SSSR count). The van der Waals surface area contributed by atoms with Gasteiger partial charge in [-0.05, 0) is 48.9 Å². The molecular formula is C20H20ClNO5. The standard InChI is InChI=1S/C20H20ClNO5/c1-12(15-10-14(24-2)5-6-17(15)25-3)22-19(23)7-4-13-8-16(21)20-18(9-13)26-11-27-20/h4-10,12H,11H2,1-3H3,(H,22,23)/b7-4+/t12-/m0/s1. The van der Waals surface area contributed by atoms with E-state index >= 15 is 0 Å². The first kappa shape index (κ1) is 18.9. The maximum atomic E-state index is 12.3. The minimum absolute atomic E-state index is 0.141. The number of hydrogen-bond donors (Lipinski definition) is 1. The summed E-state index contributed by atoms with van der Waals surface area (Å²) < 4.78 is 21.2. The second kappa shape index (κ2) is 8.22. The zero-order valence-electron chi connectivity index (χ0n) is 15.2. The fourth-order valence-corrected chi connectivity index (χ4v) is 3.05. The lowest BCUT2D eigenvalue weighted by atomic mass is 10.1. The maximum Gasteiger partial charge on any atom is 0.244 e. The van der Waals surface area contributed by atoms with Gasteiger partial charge in [0.1, 0.15) is 11.5 Å². The Balaban J connectivity index is 1.71. The van der Waals surface area contributed by atoms with Crippen LogP contribution in [0.5, 0.6) is 23.0 Å². The number of hydrogen-bond acceptors (Lipinski definition) is 5. The van der Waals surface area contributed by atoms with Gasteiger partial charge >= 0.3 is 0 Å². The Morgan fingerprint density at radius 3 is 2.78 bits per heavy atom. The number of fused-ring (bicyclic) bond motifs is 1. The van der Waals surface area contributed by atoms with E-state index in [4.69, 9.17) is 30.5 Å². The van der Waals surface area contributed by atoms with Crippen molar-refractivity contribution in [2.45, 2.75) is 13.0 Å². The number of amides is 1. The van der Waals surface area contributed by atoms with E-state index in [1.807, 2.05) is 13.0 Å². The lowest BCUT2D eigenvalue weighted by Gasteiger charge is -2.17. The summed E-state index contributed by atoms with van der Waals surface area (Å²) in [7, 11) is 3.18. The molecule has 142 valence electrons. The Kier molecular flexibility index (Phi) is 5.76. The molecule has 1 aliphatic heterocycles. The molecule has 0 spiro atoms. The average Bonchev–Trinajstić information content (AvgIpc) is 3.15. The summed E-state index contributed by atoms with van der Waals surface area (Å²) in [6.07, 6.45) is 3.11. The summed E-state index contributed by atoms with van der Waals surface area (Å²) in [5, 5.41) is 3.35. The molecule has 0 fully saturated rings. The highest BCUT2D eigenvalue weighted by Crippen LogP contribution is 2.40. The second-order valence-corrected chi connectivity index (χ2v) is 6.32. The van der Waals surface area contributed by atoms with E-state index in [0.717, 1.165) is 11.1 Å². The van der Waals surface area contributed by atoms with Crippen LogP contribution in [-0.2, 0) is 4.79 Å². The van der Waals surface area contributed by atoms with E-state index < -0.39 is 0 Å². The monoisotopic (exact) mass is 389 g/mol. The largest absolute Gasteiger partial charge is 0.497 e. The Morgan fingerprint density at radius 1 is 1.22 bits per heavy atom. The van der Waals surface area contributed by atoms with Gasteiger partial charge in [-0.15, -0.1) is 0 Å². The van der Waals surface area contributed by atoms with Crippen LogP contribution in [0.1, 0.15) is 24.1 Å². The quantitative estimate of drug-likeness (QED) is 0.757. The van der Waals surface area contributed by atoms with Gasteiger partial charge in [0.05, 0.1) is 25.3 Å². The van der Waals surface area contributed by atoms with Crippen molar-refractivity contribution in [3.8, 4) is 23.0 Å². The third kappa shape index (κ3) is 4.28. The summed E-state index contributed by atoms with van der Waals surface area (Å²) in [5.74, 6) is 2.21. The molecule has 0 aromatic heterocycles. The first-order valence-corrected chi connectivity index (χ1v) is 8.69. The van der Waals surface area contributed by atoms with Crippen LogP contribution in [0.4, 0.5) is 0 Å². The first-order valence-electron chi connectivity index (χ1n) is 8.31. The van der Waals surface area contributed by atoms with Crippen LogP contribution in [-0.4, -0.2) is 26.9 Å². The Labute approximate surface area is 162 Å². The van der Waals surface area contributed by atoms with Crippen LogP contribution in [0.2, 0.25) is 5.02 Å². The van der Waals surface area contributed by atoms with E-state index in [9.17, 15) is 4.79 Å². The molecule has 0 saturated heterocycles. The minimum Gasteiger partial charge on any atom is -0.497 e. The highest BCUT2D eigenvalue weighted by Gasteiger charge is 2.18. The SMILES string of the molecule is COc1ccc(OC)c([C@H](C)NC(=O)/C=C/c2cc(Cl)c3c(c2)OCO3)c1.